The summed E-state index contributed by atoms with van der Waals surface area (Å²) in [4.78, 5) is 27.8. The fourth-order valence-electron chi connectivity index (χ4n) is 4.53. The van der Waals surface area contributed by atoms with Gasteiger partial charge in [-0.25, -0.2) is 0 Å². The number of ketones is 1. The molecule has 4 rings (SSSR count). The first kappa shape index (κ1) is 20.3. The molecule has 0 saturated carbocycles. The average Bonchev–Trinajstić information content (AvgIpc) is 2.72. The Bertz CT molecular complexity index is 983. The van der Waals surface area contributed by atoms with Gasteiger partial charge in [-0.1, -0.05) is 6.07 Å². The highest BCUT2D eigenvalue weighted by Gasteiger charge is 2.44. The highest BCUT2D eigenvalue weighted by atomic mass is 16.5. The number of amides is 1. The number of carbonyl (C=O) groups excluding carboxylic acids is 2. The summed E-state index contributed by atoms with van der Waals surface area (Å²) in [5, 5.41) is 0. The Morgan fingerprint density at radius 1 is 1.00 bits per heavy atom. The fraction of sp³-hybridized carbons (Fsp3) is 0.417. The molecule has 1 saturated heterocycles. The van der Waals surface area contributed by atoms with E-state index in [-0.39, 0.29) is 11.7 Å². The van der Waals surface area contributed by atoms with E-state index in [4.69, 9.17) is 14.2 Å². The zero-order chi connectivity index (χ0) is 21.5. The molecule has 6 nitrogen and oxygen atoms in total. The van der Waals surface area contributed by atoms with Crippen molar-refractivity contribution in [3.63, 3.8) is 0 Å². The number of ether oxygens (including phenoxy) is 3. The van der Waals surface area contributed by atoms with Crippen molar-refractivity contribution in [3.8, 4) is 17.2 Å². The Balaban J connectivity index is 1.51. The number of carbonyl (C=O) groups is 2. The van der Waals surface area contributed by atoms with Crippen LogP contribution in [-0.2, 0) is 0 Å². The maximum Gasteiger partial charge on any atom is 0.254 e. The van der Waals surface area contributed by atoms with Gasteiger partial charge in [0.05, 0.1) is 26.2 Å². The molecule has 30 heavy (non-hydrogen) atoms. The molecule has 158 valence electrons. The van der Waals surface area contributed by atoms with Crippen molar-refractivity contribution >= 4 is 11.7 Å². The molecule has 0 atom stereocenters. The van der Waals surface area contributed by atoms with E-state index in [1.165, 1.54) is 0 Å². The molecule has 2 aliphatic heterocycles. The second kappa shape index (κ2) is 7.67. The number of nitrogens with zero attached hydrogens (tertiary/aromatic N) is 1. The van der Waals surface area contributed by atoms with Gasteiger partial charge in [-0.3, -0.25) is 9.59 Å². The quantitative estimate of drug-likeness (QED) is 0.768. The summed E-state index contributed by atoms with van der Waals surface area (Å²) in [7, 11) is 3.12. The maximum absolute atomic E-state index is 13.1. The van der Waals surface area contributed by atoms with Gasteiger partial charge in [0.25, 0.3) is 5.91 Å². The average molecular weight is 409 g/mol. The predicted octanol–water partition coefficient (Wildman–Crippen LogP) is 3.96. The number of Topliss-reactive ketones (excluding diaryl/α,β-unsaturated/α-hetero) is 1. The van der Waals surface area contributed by atoms with Crippen molar-refractivity contribution in [2.24, 2.45) is 0 Å². The highest BCUT2D eigenvalue weighted by Crippen LogP contribution is 2.41. The van der Waals surface area contributed by atoms with Crippen LogP contribution in [0.2, 0.25) is 0 Å². The van der Waals surface area contributed by atoms with Crippen LogP contribution in [0.1, 0.15) is 51.1 Å². The van der Waals surface area contributed by atoms with E-state index in [1.807, 2.05) is 30.9 Å². The third-order valence-electron chi connectivity index (χ3n) is 6.09. The lowest BCUT2D eigenvalue weighted by atomic mass is 9.81. The van der Waals surface area contributed by atoms with Gasteiger partial charge < -0.3 is 19.1 Å². The number of aryl methyl sites for hydroxylation is 2. The fourth-order valence-corrected chi connectivity index (χ4v) is 4.53. The molecule has 0 aromatic heterocycles. The lowest BCUT2D eigenvalue weighted by molar-refractivity contribution is -0.00582. The maximum atomic E-state index is 13.1. The number of methoxy groups -OCH3 is 2. The van der Waals surface area contributed by atoms with E-state index in [0.717, 1.165) is 11.1 Å². The van der Waals surface area contributed by atoms with Gasteiger partial charge in [0.2, 0.25) is 0 Å². The molecule has 2 heterocycles. The number of fused-ring (bicyclic) bond motifs is 1. The Morgan fingerprint density at radius 2 is 1.63 bits per heavy atom. The van der Waals surface area contributed by atoms with Gasteiger partial charge in [0.15, 0.2) is 5.78 Å². The van der Waals surface area contributed by atoms with Crippen LogP contribution in [0.4, 0.5) is 0 Å². The van der Waals surface area contributed by atoms with Crippen molar-refractivity contribution in [3.05, 3.63) is 52.6 Å². The zero-order valence-corrected chi connectivity index (χ0v) is 17.9. The summed E-state index contributed by atoms with van der Waals surface area (Å²) in [5.74, 6) is 1.90. The lowest BCUT2D eigenvalue weighted by Crippen LogP contribution is -2.52. The topological polar surface area (TPSA) is 65.1 Å². The molecule has 0 unspecified atom stereocenters. The minimum atomic E-state index is -0.535. The van der Waals surface area contributed by atoms with Crippen LogP contribution in [0, 0.1) is 13.8 Å². The lowest BCUT2D eigenvalue weighted by Gasteiger charge is -2.44. The Kier molecular flexibility index (Phi) is 5.18. The van der Waals surface area contributed by atoms with E-state index in [0.29, 0.717) is 60.7 Å². The Hall–Kier alpha value is -3.02. The van der Waals surface area contributed by atoms with Crippen LogP contribution in [0.15, 0.2) is 30.3 Å². The predicted molar refractivity (Wildman–Crippen MR) is 113 cm³/mol. The van der Waals surface area contributed by atoms with Gasteiger partial charge in [0, 0.05) is 37.6 Å². The van der Waals surface area contributed by atoms with E-state index in [2.05, 4.69) is 0 Å². The molecule has 6 heteroatoms. The summed E-state index contributed by atoms with van der Waals surface area (Å²) in [6.45, 7) is 5.03. The zero-order valence-electron chi connectivity index (χ0n) is 17.9. The second-order valence-corrected chi connectivity index (χ2v) is 8.23. The smallest absolute Gasteiger partial charge is 0.254 e. The molecule has 1 fully saturated rings. The molecule has 0 radical (unpaired) electrons. The van der Waals surface area contributed by atoms with E-state index in [1.54, 1.807) is 32.4 Å². The molecule has 0 bridgehead atoms. The number of likely N-dealkylation sites (tertiary alicyclic amines) is 1. The molecule has 2 aromatic carbocycles. The van der Waals surface area contributed by atoms with Crippen molar-refractivity contribution in [1.82, 2.24) is 4.90 Å². The number of hydrogen-bond donors (Lipinski definition) is 0. The van der Waals surface area contributed by atoms with Crippen molar-refractivity contribution in [1.29, 1.82) is 0 Å². The Morgan fingerprint density at radius 3 is 2.23 bits per heavy atom. The highest BCUT2D eigenvalue weighted by molar-refractivity contribution is 6.02. The van der Waals surface area contributed by atoms with Gasteiger partial charge in [-0.2, -0.15) is 0 Å². The van der Waals surface area contributed by atoms with Crippen molar-refractivity contribution < 1.29 is 23.8 Å². The van der Waals surface area contributed by atoms with E-state index >= 15 is 0 Å². The standard InChI is InChI=1S/C24H27NO5/c1-15-9-16(2)22-20(26)14-24(30-21(22)10-15)5-7-25(8-6-24)23(27)17-11-18(28-3)13-19(12-17)29-4/h9-13H,5-8,14H2,1-4H3. The van der Waals surface area contributed by atoms with Crippen LogP contribution in [0.5, 0.6) is 17.2 Å². The number of hydrogen-bond acceptors (Lipinski definition) is 5. The van der Waals surface area contributed by atoms with Crippen LogP contribution in [-0.4, -0.2) is 49.5 Å². The molecule has 2 aliphatic rings. The largest absolute Gasteiger partial charge is 0.497 e. The SMILES string of the molecule is COc1cc(OC)cc(C(=O)N2CCC3(CC2)CC(=O)c2c(C)cc(C)cc2O3)c1. The molecule has 0 aliphatic carbocycles. The minimum Gasteiger partial charge on any atom is -0.497 e. The first-order chi connectivity index (χ1) is 14.3. The van der Waals surface area contributed by atoms with E-state index in [9.17, 15) is 9.59 Å². The summed E-state index contributed by atoms with van der Waals surface area (Å²) in [6, 6.07) is 9.14. The van der Waals surface area contributed by atoms with Gasteiger partial charge in [0.1, 0.15) is 22.8 Å². The summed E-state index contributed by atoms with van der Waals surface area (Å²) in [5.41, 5.74) is 2.74. The molecule has 2 aromatic rings. The van der Waals surface area contributed by atoms with Gasteiger partial charge in [-0.05, 0) is 43.2 Å². The molecule has 1 amide bonds. The molecular weight excluding hydrogens is 382 g/mol. The number of benzene rings is 2. The number of rotatable bonds is 3. The molecule has 0 N–H and O–H groups in total. The number of piperidine rings is 1. The van der Waals surface area contributed by atoms with Crippen LogP contribution < -0.4 is 14.2 Å². The van der Waals surface area contributed by atoms with Crippen molar-refractivity contribution in [2.45, 2.75) is 38.7 Å². The first-order valence-electron chi connectivity index (χ1n) is 10.2. The van der Waals surface area contributed by atoms with Crippen LogP contribution >= 0.6 is 0 Å². The van der Waals surface area contributed by atoms with E-state index < -0.39 is 5.60 Å². The van der Waals surface area contributed by atoms with Gasteiger partial charge >= 0.3 is 0 Å². The third-order valence-corrected chi connectivity index (χ3v) is 6.09. The monoisotopic (exact) mass is 409 g/mol. The summed E-state index contributed by atoms with van der Waals surface area (Å²) in [6.07, 6.45) is 1.61. The molecule has 1 spiro atoms. The first-order valence-corrected chi connectivity index (χ1v) is 10.2. The van der Waals surface area contributed by atoms with Crippen LogP contribution in [0.3, 0.4) is 0 Å². The minimum absolute atomic E-state index is 0.0729. The summed E-state index contributed by atoms with van der Waals surface area (Å²) >= 11 is 0. The third kappa shape index (κ3) is 3.62. The second-order valence-electron chi connectivity index (χ2n) is 8.23. The van der Waals surface area contributed by atoms with Crippen molar-refractivity contribution in [2.75, 3.05) is 27.3 Å². The molecular formula is C24H27NO5. The Labute approximate surface area is 176 Å². The van der Waals surface area contributed by atoms with Crippen LogP contribution in [0.25, 0.3) is 0 Å². The summed E-state index contributed by atoms with van der Waals surface area (Å²) < 4.78 is 17.0. The van der Waals surface area contributed by atoms with Gasteiger partial charge in [-0.15, -0.1) is 0 Å². The normalized spacial score (nSPS) is 17.3.